The van der Waals surface area contributed by atoms with E-state index in [9.17, 15) is 4.79 Å². The van der Waals surface area contributed by atoms with Crippen molar-refractivity contribution < 1.29 is 0 Å². The van der Waals surface area contributed by atoms with Crippen LogP contribution < -0.4 is 5.56 Å². The molecule has 6 nitrogen and oxygen atoms in total. The first-order valence-electron chi connectivity index (χ1n) is 10.6. The van der Waals surface area contributed by atoms with Crippen LogP contribution in [0, 0.1) is 0 Å². The Morgan fingerprint density at radius 3 is 2.96 bits per heavy atom. The molecule has 0 spiro atoms. The second kappa shape index (κ2) is 7.67. The second-order valence-electron chi connectivity index (χ2n) is 8.41. The summed E-state index contributed by atoms with van der Waals surface area (Å²) in [5, 5.41) is 9.53. The van der Waals surface area contributed by atoms with E-state index in [2.05, 4.69) is 16.6 Å². The van der Waals surface area contributed by atoms with Crippen molar-refractivity contribution in [2.75, 3.05) is 12.3 Å². The first kappa shape index (κ1) is 18.4. The van der Waals surface area contributed by atoms with Gasteiger partial charge in [-0.1, -0.05) is 0 Å². The highest BCUT2D eigenvalue weighted by Crippen LogP contribution is 2.28. The van der Waals surface area contributed by atoms with E-state index in [1.807, 2.05) is 17.8 Å². The molecule has 1 unspecified atom stereocenters. The molecule has 2 aromatic heterocycles. The molecule has 5 rings (SSSR count). The third-order valence-electron chi connectivity index (χ3n) is 6.59. The average molecular weight is 400 g/mol. The van der Waals surface area contributed by atoms with Crippen LogP contribution in [-0.2, 0) is 45.2 Å². The van der Waals surface area contributed by atoms with Gasteiger partial charge < -0.3 is 0 Å². The topological polar surface area (TPSA) is 56.0 Å². The quantitative estimate of drug-likeness (QED) is 0.790. The van der Waals surface area contributed by atoms with E-state index in [1.165, 1.54) is 42.6 Å². The fourth-order valence-electron chi connectivity index (χ4n) is 5.03. The summed E-state index contributed by atoms with van der Waals surface area (Å²) in [5.41, 5.74) is 6.51. The van der Waals surface area contributed by atoms with Gasteiger partial charge in [0.25, 0.3) is 5.56 Å². The molecule has 7 heteroatoms. The molecule has 1 fully saturated rings. The predicted octanol–water partition coefficient (Wildman–Crippen LogP) is 2.31. The molecule has 150 valence electrons. The lowest BCUT2D eigenvalue weighted by atomic mass is 9.95. The minimum Gasteiger partial charge on any atom is -0.293 e. The summed E-state index contributed by atoms with van der Waals surface area (Å²) >= 11 is 1.90. The number of aromatic nitrogens is 4. The fraction of sp³-hybridized carbons (Fsp3) is 0.667. The SMILES string of the molecule is Cn1nc2c(c1CN1CCCC1Cn1nc3c(cc1=O)CSCC3)CCCC2. The number of likely N-dealkylation sites (tertiary alicyclic amines) is 1. The highest BCUT2D eigenvalue weighted by atomic mass is 32.2. The van der Waals surface area contributed by atoms with Crippen molar-refractivity contribution in [3.05, 3.63) is 44.6 Å². The molecule has 2 aliphatic heterocycles. The van der Waals surface area contributed by atoms with Crippen LogP contribution in [0.5, 0.6) is 0 Å². The van der Waals surface area contributed by atoms with Crippen molar-refractivity contribution in [2.45, 2.75) is 69.8 Å². The standard InChI is InChI=1S/C21H29N5OS/c1-24-20(17-6-2-3-7-19(17)22-24)13-25-9-4-5-16(25)12-26-21(27)11-15-14-28-10-8-18(15)23-26/h11,16H,2-10,12-14H2,1H3. The number of nitrogens with zero attached hydrogens (tertiary/aromatic N) is 5. The van der Waals surface area contributed by atoms with E-state index >= 15 is 0 Å². The molecule has 0 radical (unpaired) electrons. The predicted molar refractivity (Wildman–Crippen MR) is 112 cm³/mol. The third kappa shape index (κ3) is 3.43. The first-order valence-corrected chi connectivity index (χ1v) is 11.8. The monoisotopic (exact) mass is 399 g/mol. The summed E-state index contributed by atoms with van der Waals surface area (Å²) in [5.74, 6) is 2.04. The van der Waals surface area contributed by atoms with Crippen LogP contribution in [0.15, 0.2) is 10.9 Å². The smallest absolute Gasteiger partial charge is 0.267 e. The van der Waals surface area contributed by atoms with Gasteiger partial charge in [-0.05, 0) is 61.9 Å². The fourth-order valence-corrected chi connectivity index (χ4v) is 5.98. The number of aryl methyl sites for hydroxylation is 3. The van der Waals surface area contributed by atoms with Gasteiger partial charge >= 0.3 is 0 Å². The molecular weight excluding hydrogens is 370 g/mol. The van der Waals surface area contributed by atoms with E-state index in [4.69, 9.17) is 10.2 Å². The summed E-state index contributed by atoms with van der Waals surface area (Å²) in [7, 11) is 2.09. The maximum atomic E-state index is 12.6. The second-order valence-corrected chi connectivity index (χ2v) is 9.51. The number of rotatable bonds is 4. The zero-order chi connectivity index (χ0) is 19.1. The largest absolute Gasteiger partial charge is 0.293 e. The highest BCUT2D eigenvalue weighted by Gasteiger charge is 2.29. The molecule has 1 saturated heterocycles. The minimum atomic E-state index is 0.0611. The van der Waals surface area contributed by atoms with Gasteiger partial charge in [0.1, 0.15) is 0 Å². The summed E-state index contributed by atoms with van der Waals surface area (Å²) in [4.78, 5) is 15.2. The van der Waals surface area contributed by atoms with Crippen molar-refractivity contribution in [3.8, 4) is 0 Å². The van der Waals surface area contributed by atoms with Crippen LogP contribution in [0.3, 0.4) is 0 Å². The maximum absolute atomic E-state index is 12.6. The highest BCUT2D eigenvalue weighted by molar-refractivity contribution is 7.98. The van der Waals surface area contributed by atoms with E-state index in [-0.39, 0.29) is 5.56 Å². The van der Waals surface area contributed by atoms with Gasteiger partial charge in [0.05, 0.1) is 23.6 Å². The summed E-state index contributed by atoms with van der Waals surface area (Å²) in [6.45, 7) is 2.75. The minimum absolute atomic E-state index is 0.0611. The normalized spacial score (nSPS) is 22.2. The lowest BCUT2D eigenvalue weighted by Crippen LogP contribution is -2.38. The molecule has 0 bridgehead atoms. The lowest BCUT2D eigenvalue weighted by molar-refractivity contribution is 0.210. The Morgan fingerprint density at radius 2 is 2.04 bits per heavy atom. The van der Waals surface area contributed by atoms with E-state index in [0.717, 1.165) is 55.1 Å². The zero-order valence-electron chi connectivity index (χ0n) is 16.7. The van der Waals surface area contributed by atoms with Gasteiger partial charge in [-0.3, -0.25) is 14.4 Å². The van der Waals surface area contributed by atoms with Crippen LogP contribution in [-0.4, -0.2) is 42.8 Å². The Morgan fingerprint density at radius 1 is 1.14 bits per heavy atom. The Labute approximate surface area is 170 Å². The van der Waals surface area contributed by atoms with Crippen molar-refractivity contribution in [3.63, 3.8) is 0 Å². The average Bonchev–Trinajstić information content (AvgIpc) is 3.27. The Balaban J connectivity index is 1.35. The molecule has 28 heavy (non-hydrogen) atoms. The number of hydrogen-bond donors (Lipinski definition) is 0. The summed E-state index contributed by atoms with van der Waals surface area (Å²) < 4.78 is 3.84. The van der Waals surface area contributed by atoms with E-state index in [1.54, 1.807) is 4.68 Å². The van der Waals surface area contributed by atoms with Gasteiger partial charge in [0.15, 0.2) is 0 Å². The van der Waals surface area contributed by atoms with Crippen molar-refractivity contribution in [1.82, 2.24) is 24.5 Å². The van der Waals surface area contributed by atoms with Gasteiger partial charge in [-0.25, -0.2) is 4.68 Å². The van der Waals surface area contributed by atoms with E-state index in [0.29, 0.717) is 12.6 Å². The third-order valence-corrected chi connectivity index (χ3v) is 7.60. The Kier molecular flexibility index (Phi) is 5.05. The van der Waals surface area contributed by atoms with E-state index < -0.39 is 0 Å². The summed E-state index contributed by atoms with van der Waals surface area (Å²) in [6, 6.07) is 2.21. The molecule has 1 atom stereocenters. The van der Waals surface area contributed by atoms with Crippen LogP contribution in [0.2, 0.25) is 0 Å². The van der Waals surface area contributed by atoms with Crippen molar-refractivity contribution in [1.29, 1.82) is 0 Å². The molecule has 0 N–H and O–H groups in total. The first-order chi connectivity index (χ1) is 13.7. The molecule has 3 aliphatic rings. The van der Waals surface area contributed by atoms with Crippen LogP contribution in [0.1, 0.15) is 53.9 Å². The Hall–Kier alpha value is -1.60. The molecule has 0 saturated carbocycles. The molecule has 2 aromatic rings. The summed E-state index contributed by atoms with van der Waals surface area (Å²) in [6.07, 6.45) is 8.15. The van der Waals surface area contributed by atoms with Crippen LogP contribution in [0.4, 0.5) is 0 Å². The van der Waals surface area contributed by atoms with Crippen LogP contribution in [0.25, 0.3) is 0 Å². The molecular formula is C21H29N5OS. The molecule has 1 aliphatic carbocycles. The molecule has 4 heterocycles. The molecule has 0 amide bonds. The van der Waals surface area contributed by atoms with Gasteiger partial charge in [0, 0.05) is 37.9 Å². The van der Waals surface area contributed by atoms with Gasteiger partial charge in [-0.2, -0.15) is 22.0 Å². The van der Waals surface area contributed by atoms with Gasteiger partial charge in [-0.15, -0.1) is 0 Å². The van der Waals surface area contributed by atoms with Gasteiger partial charge in [0.2, 0.25) is 0 Å². The van der Waals surface area contributed by atoms with Crippen molar-refractivity contribution >= 4 is 11.8 Å². The Bertz CT molecular complexity index is 934. The number of fused-ring (bicyclic) bond motifs is 2. The number of hydrogen-bond acceptors (Lipinski definition) is 5. The lowest BCUT2D eigenvalue weighted by Gasteiger charge is -2.26. The maximum Gasteiger partial charge on any atom is 0.267 e. The molecule has 0 aromatic carbocycles. The number of thioether (sulfide) groups is 1. The zero-order valence-corrected chi connectivity index (χ0v) is 17.5. The van der Waals surface area contributed by atoms with Crippen molar-refractivity contribution in [2.24, 2.45) is 7.05 Å². The van der Waals surface area contributed by atoms with Crippen LogP contribution >= 0.6 is 11.8 Å².